The monoisotopic (exact) mass is 285 g/mol. The van der Waals surface area contributed by atoms with Gasteiger partial charge in [0, 0.05) is 19.5 Å². The molecule has 5 N–H and O–H groups in total. The largest absolute Gasteiger partial charge is 0.481 e. The average molecular weight is 285 g/mol. The van der Waals surface area contributed by atoms with E-state index in [1.807, 2.05) is 0 Å². The molecule has 1 rings (SSSR count). The van der Waals surface area contributed by atoms with Gasteiger partial charge < -0.3 is 21.5 Å². The van der Waals surface area contributed by atoms with Crippen molar-refractivity contribution in [2.75, 3.05) is 13.1 Å². The molecule has 20 heavy (non-hydrogen) atoms. The summed E-state index contributed by atoms with van der Waals surface area (Å²) in [6.45, 7) is 0.567. The van der Waals surface area contributed by atoms with Crippen LogP contribution in [-0.2, 0) is 9.59 Å². The summed E-state index contributed by atoms with van der Waals surface area (Å²) >= 11 is 0. The molecule has 0 radical (unpaired) electrons. The van der Waals surface area contributed by atoms with Gasteiger partial charge in [0.25, 0.3) is 0 Å². The highest BCUT2D eigenvalue weighted by Gasteiger charge is 2.36. The Morgan fingerprint density at radius 2 is 1.60 bits per heavy atom. The Kier molecular flexibility index (Phi) is 6.27. The predicted molar refractivity (Wildman–Crippen MR) is 73.0 cm³/mol. The van der Waals surface area contributed by atoms with E-state index in [1.165, 1.54) is 0 Å². The van der Waals surface area contributed by atoms with Gasteiger partial charge in [-0.15, -0.1) is 0 Å². The second-order valence-corrected chi connectivity index (χ2v) is 5.45. The maximum Gasteiger partial charge on any atom is 0.312 e. The fourth-order valence-electron chi connectivity index (χ4n) is 2.83. The quantitative estimate of drug-likeness (QED) is 0.511. The Morgan fingerprint density at radius 3 is 2.15 bits per heavy atom. The number of hydrogen-bond donors (Lipinski definition) is 4. The molecule has 0 heterocycles. The molecule has 0 aromatic heterocycles. The molecule has 0 aromatic carbocycles. The highest BCUT2D eigenvalue weighted by Crippen LogP contribution is 2.42. The van der Waals surface area contributed by atoms with E-state index in [1.54, 1.807) is 0 Å². The van der Waals surface area contributed by atoms with Crippen LogP contribution in [0.15, 0.2) is 0 Å². The van der Waals surface area contributed by atoms with Gasteiger partial charge in [0.05, 0.1) is 6.42 Å². The third-order valence-electron chi connectivity index (χ3n) is 3.72. The van der Waals surface area contributed by atoms with Crippen molar-refractivity contribution in [3.8, 4) is 0 Å². The topological polar surface area (TPSA) is 122 Å². The van der Waals surface area contributed by atoms with E-state index in [4.69, 9.17) is 10.8 Å². The third-order valence-corrected chi connectivity index (χ3v) is 3.72. The van der Waals surface area contributed by atoms with Gasteiger partial charge in [0.15, 0.2) is 0 Å². The molecule has 0 atom stereocenters. The molecule has 7 heteroatoms. The summed E-state index contributed by atoms with van der Waals surface area (Å²) in [5.41, 5.74) is 4.50. The van der Waals surface area contributed by atoms with E-state index >= 15 is 0 Å². The van der Waals surface area contributed by atoms with Gasteiger partial charge in [0.2, 0.25) is 5.91 Å². The second kappa shape index (κ2) is 7.72. The zero-order valence-corrected chi connectivity index (χ0v) is 11.6. The Bertz CT molecular complexity index is 365. The number of aliphatic carboxylic acids is 1. The van der Waals surface area contributed by atoms with Crippen molar-refractivity contribution in [2.45, 2.75) is 44.9 Å². The van der Waals surface area contributed by atoms with E-state index in [0.717, 1.165) is 32.1 Å². The number of carbonyl (C=O) groups excluding carboxylic acids is 2. The van der Waals surface area contributed by atoms with Crippen LogP contribution in [0.25, 0.3) is 0 Å². The first-order valence-electron chi connectivity index (χ1n) is 6.95. The van der Waals surface area contributed by atoms with Crippen LogP contribution in [0, 0.1) is 5.41 Å². The van der Waals surface area contributed by atoms with Crippen LogP contribution in [0.2, 0.25) is 0 Å². The van der Waals surface area contributed by atoms with Gasteiger partial charge in [0.1, 0.15) is 0 Å². The molecule has 7 nitrogen and oxygen atoms in total. The van der Waals surface area contributed by atoms with Crippen LogP contribution >= 0.6 is 0 Å². The van der Waals surface area contributed by atoms with Crippen LogP contribution < -0.4 is 16.4 Å². The fourth-order valence-corrected chi connectivity index (χ4v) is 2.83. The first kappa shape index (κ1) is 16.3. The molecule has 0 aliphatic heterocycles. The Morgan fingerprint density at radius 1 is 1.00 bits per heavy atom. The zero-order valence-electron chi connectivity index (χ0n) is 11.6. The van der Waals surface area contributed by atoms with Gasteiger partial charge in [-0.25, -0.2) is 4.79 Å². The lowest BCUT2D eigenvalue weighted by Gasteiger charge is -2.35. The summed E-state index contributed by atoms with van der Waals surface area (Å²) in [6.07, 6.45) is 4.90. The van der Waals surface area contributed by atoms with E-state index in [0.29, 0.717) is 6.54 Å². The fraction of sp³-hybridized carbons (Fsp3) is 0.769. The number of rotatable bonds is 7. The second-order valence-electron chi connectivity index (χ2n) is 5.45. The van der Waals surface area contributed by atoms with Crippen LogP contribution in [0.1, 0.15) is 44.9 Å². The lowest BCUT2D eigenvalue weighted by atomic mass is 9.69. The highest BCUT2D eigenvalue weighted by molar-refractivity contribution is 5.78. The van der Waals surface area contributed by atoms with Gasteiger partial charge in [-0.1, -0.05) is 19.3 Å². The van der Waals surface area contributed by atoms with Crippen LogP contribution in [-0.4, -0.2) is 36.1 Å². The normalized spacial score (nSPS) is 17.2. The number of carbonyl (C=O) groups is 3. The maximum absolute atomic E-state index is 11.9. The number of carboxylic acids is 1. The van der Waals surface area contributed by atoms with Crippen molar-refractivity contribution >= 4 is 17.9 Å². The molecule has 0 saturated heterocycles. The number of primary amides is 1. The van der Waals surface area contributed by atoms with E-state index in [-0.39, 0.29) is 25.3 Å². The predicted octanol–water partition coefficient (Wildman–Crippen LogP) is 0.586. The number of nitrogens with two attached hydrogens (primary N) is 1. The first-order valence-corrected chi connectivity index (χ1v) is 6.95. The molecular formula is C13H23N3O4. The summed E-state index contributed by atoms with van der Waals surface area (Å²) in [7, 11) is 0. The van der Waals surface area contributed by atoms with Crippen LogP contribution in [0.5, 0.6) is 0 Å². The molecule has 0 bridgehead atoms. The SMILES string of the molecule is NC(=O)NCCNC(=O)CC1(CC(=O)O)CCCCC1. The van der Waals surface area contributed by atoms with Crippen molar-refractivity contribution in [1.29, 1.82) is 0 Å². The number of carboxylic acid groups (broad SMARTS) is 1. The zero-order chi connectivity index (χ0) is 15.0. The summed E-state index contributed by atoms with van der Waals surface area (Å²) in [6, 6.07) is -0.631. The molecule has 114 valence electrons. The third kappa shape index (κ3) is 5.90. The standard InChI is InChI=1S/C13H23N3O4/c14-12(20)16-7-6-15-10(17)8-13(9-11(18)19)4-2-1-3-5-13/h1-9H2,(H,15,17)(H,18,19)(H3,14,16,20). The summed E-state index contributed by atoms with van der Waals surface area (Å²) < 4.78 is 0. The number of urea groups is 1. The average Bonchev–Trinajstić information content (AvgIpc) is 2.34. The van der Waals surface area contributed by atoms with Crippen molar-refractivity contribution in [2.24, 2.45) is 11.1 Å². The van der Waals surface area contributed by atoms with E-state index in [2.05, 4.69) is 10.6 Å². The van der Waals surface area contributed by atoms with Gasteiger partial charge in [-0.05, 0) is 18.3 Å². The molecule has 1 aliphatic rings. The minimum Gasteiger partial charge on any atom is -0.481 e. The molecule has 0 aromatic rings. The molecule has 1 aliphatic carbocycles. The van der Waals surface area contributed by atoms with Crippen molar-refractivity contribution in [3.05, 3.63) is 0 Å². The minimum atomic E-state index is -0.852. The van der Waals surface area contributed by atoms with Crippen molar-refractivity contribution in [1.82, 2.24) is 10.6 Å². The number of nitrogens with one attached hydrogen (secondary N) is 2. The molecule has 1 fully saturated rings. The van der Waals surface area contributed by atoms with Gasteiger partial charge >= 0.3 is 12.0 Å². The maximum atomic E-state index is 11.9. The van der Waals surface area contributed by atoms with Crippen molar-refractivity contribution < 1.29 is 19.5 Å². The minimum absolute atomic E-state index is 0.0416. The Balaban J connectivity index is 2.41. The molecule has 0 unspecified atom stereocenters. The molecule has 1 saturated carbocycles. The van der Waals surface area contributed by atoms with E-state index in [9.17, 15) is 14.4 Å². The van der Waals surface area contributed by atoms with Gasteiger partial charge in [-0.2, -0.15) is 0 Å². The summed E-state index contributed by atoms with van der Waals surface area (Å²) in [5.74, 6) is -1.02. The Hall–Kier alpha value is -1.79. The first-order chi connectivity index (χ1) is 9.43. The smallest absolute Gasteiger partial charge is 0.312 e. The van der Waals surface area contributed by atoms with Crippen LogP contribution in [0.4, 0.5) is 4.79 Å². The summed E-state index contributed by atoms with van der Waals surface area (Å²) in [5, 5.41) is 14.1. The lowest BCUT2D eigenvalue weighted by molar-refractivity contribution is -0.141. The van der Waals surface area contributed by atoms with Crippen molar-refractivity contribution in [3.63, 3.8) is 0 Å². The molecule has 3 amide bonds. The highest BCUT2D eigenvalue weighted by atomic mass is 16.4. The van der Waals surface area contributed by atoms with Crippen LogP contribution in [0.3, 0.4) is 0 Å². The lowest BCUT2D eigenvalue weighted by Crippen LogP contribution is -2.39. The number of amides is 3. The molecular weight excluding hydrogens is 262 g/mol. The number of hydrogen-bond acceptors (Lipinski definition) is 3. The summed E-state index contributed by atoms with van der Waals surface area (Å²) in [4.78, 5) is 33.4. The Labute approximate surface area is 118 Å². The van der Waals surface area contributed by atoms with Gasteiger partial charge in [-0.3, -0.25) is 9.59 Å². The molecule has 0 spiro atoms. The van der Waals surface area contributed by atoms with E-state index < -0.39 is 17.4 Å².